The molecule has 2 aliphatic rings. The van der Waals surface area contributed by atoms with E-state index in [1.54, 1.807) is 11.0 Å². The molecule has 5 heteroatoms. The summed E-state index contributed by atoms with van der Waals surface area (Å²) in [5.41, 5.74) is 0.405. The summed E-state index contributed by atoms with van der Waals surface area (Å²) in [5, 5.41) is 0. The SMILES string of the molecule is CCC(=O)N1CCC2(CCN(Cc3cccc(F)c3)C2=O)C1. The van der Waals surface area contributed by atoms with Crippen LogP contribution >= 0.6 is 0 Å². The second-order valence-corrected chi connectivity index (χ2v) is 6.31. The minimum atomic E-state index is -0.405. The average molecular weight is 304 g/mol. The third-order valence-electron chi connectivity index (χ3n) is 4.87. The first-order chi connectivity index (χ1) is 10.5. The van der Waals surface area contributed by atoms with Crippen molar-refractivity contribution in [1.29, 1.82) is 0 Å². The number of hydrogen-bond acceptors (Lipinski definition) is 2. The molecule has 118 valence electrons. The number of amides is 2. The lowest BCUT2D eigenvalue weighted by Crippen LogP contribution is -2.38. The van der Waals surface area contributed by atoms with Crippen LogP contribution in [0.2, 0.25) is 0 Å². The van der Waals surface area contributed by atoms with Crippen LogP contribution in [0.4, 0.5) is 4.39 Å². The van der Waals surface area contributed by atoms with Crippen molar-refractivity contribution in [3.63, 3.8) is 0 Å². The van der Waals surface area contributed by atoms with Crippen LogP contribution in [-0.4, -0.2) is 41.2 Å². The molecule has 2 amide bonds. The lowest BCUT2D eigenvalue weighted by molar-refractivity contribution is -0.136. The van der Waals surface area contributed by atoms with Gasteiger partial charge in [-0.25, -0.2) is 4.39 Å². The first-order valence-electron chi connectivity index (χ1n) is 7.86. The number of rotatable bonds is 3. The fourth-order valence-corrected chi connectivity index (χ4v) is 3.59. The molecule has 1 atom stereocenters. The predicted octanol–water partition coefficient (Wildman–Crippen LogP) is 2.19. The maximum atomic E-state index is 13.3. The number of carbonyl (C=O) groups excluding carboxylic acids is 2. The van der Waals surface area contributed by atoms with E-state index in [-0.39, 0.29) is 17.6 Å². The highest BCUT2D eigenvalue weighted by atomic mass is 19.1. The highest BCUT2D eigenvalue weighted by Gasteiger charge is 2.51. The van der Waals surface area contributed by atoms with Crippen molar-refractivity contribution in [3.8, 4) is 0 Å². The van der Waals surface area contributed by atoms with E-state index in [0.29, 0.717) is 32.6 Å². The van der Waals surface area contributed by atoms with Crippen LogP contribution < -0.4 is 0 Å². The smallest absolute Gasteiger partial charge is 0.231 e. The molecule has 2 fully saturated rings. The van der Waals surface area contributed by atoms with Crippen molar-refractivity contribution in [3.05, 3.63) is 35.6 Å². The van der Waals surface area contributed by atoms with Crippen LogP contribution in [0.15, 0.2) is 24.3 Å². The van der Waals surface area contributed by atoms with Crippen molar-refractivity contribution in [1.82, 2.24) is 9.80 Å². The Hall–Kier alpha value is -1.91. The zero-order valence-electron chi connectivity index (χ0n) is 12.8. The molecule has 0 aromatic heterocycles. The Kier molecular flexibility index (Phi) is 3.89. The maximum Gasteiger partial charge on any atom is 0.231 e. The minimum Gasteiger partial charge on any atom is -0.342 e. The fourth-order valence-electron chi connectivity index (χ4n) is 3.59. The Bertz CT molecular complexity index is 604. The molecule has 22 heavy (non-hydrogen) atoms. The van der Waals surface area contributed by atoms with Crippen LogP contribution in [0, 0.1) is 11.2 Å². The summed E-state index contributed by atoms with van der Waals surface area (Å²) < 4.78 is 13.3. The van der Waals surface area contributed by atoms with E-state index < -0.39 is 5.41 Å². The summed E-state index contributed by atoms with van der Waals surface area (Å²) in [4.78, 5) is 28.2. The van der Waals surface area contributed by atoms with Gasteiger partial charge in [0.1, 0.15) is 5.82 Å². The molecule has 2 heterocycles. The molecule has 0 saturated carbocycles. The zero-order chi connectivity index (χ0) is 15.7. The van der Waals surface area contributed by atoms with Gasteiger partial charge in [-0.2, -0.15) is 0 Å². The first kappa shape index (κ1) is 15.0. The van der Waals surface area contributed by atoms with Gasteiger partial charge in [-0.15, -0.1) is 0 Å². The molecule has 1 spiro atoms. The molecule has 2 saturated heterocycles. The second-order valence-electron chi connectivity index (χ2n) is 6.31. The minimum absolute atomic E-state index is 0.114. The fraction of sp³-hybridized carbons (Fsp3) is 0.529. The van der Waals surface area contributed by atoms with Crippen molar-refractivity contribution >= 4 is 11.8 Å². The van der Waals surface area contributed by atoms with Crippen molar-refractivity contribution in [2.75, 3.05) is 19.6 Å². The number of likely N-dealkylation sites (tertiary alicyclic amines) is 2. The van der Waals surface area contributed by atoms with E-state index in [4.69, 9.17) is 0 Å². The van der Waals surface area contributed by atoms with Crippen molar-refractivity contribution in [2.24, 2.45) is 5.41 Å². The highest BCUT2D eigenvalue weighted by molar-refractivity contribution is 5.87. The molecule has 0 radical (unpaired) electrons. The molecule has 1 aromatic rings. The van der Waals surface area contributed by atoms with Crippen LogP contribution in [0.1, 0.15) is 31.7 Å². The first-order valence-corrected chi connectivity index (χ1v) is 7.86. The Morgan fingerprint density at radius 1 is 1.32 bits per heavy atom. The summed E-state index contributed by atoms with van der Waals surface area (Å²) in [5.74, 6) is -0.0455. The van der Waals surface area contributed by atoms with E-state index in [9.17, 15) is 14.0 Å². The summed E-state index contributed by atoms with van der Waals surface area (Å²) in [7, 11) is 0. The van der Waals surface area contributed by atoms with Gasteiger partial charge in [0.15, 0.2) is 0 Å². The number of nitrogens with zero attached hydrogens (tertiary/aromatic N) is 2. The van der Waals surface area contributed by atoms with Crippen LogP contribution in [-0.2, 0) is 16.1 Å². The van der Waals surface area contributed by atoms with E-state index in [0.717, 1.165) is 18.4 Å². The summed E-state index contributed by atoms with van der Waals surface area (Å²) in [6, 6.07) is 6.38. The topological polar surface area (TPSA) is 40.6 Å². The number of benzene rings is 1. The summed E-state index contributed by atoms with van der Waals surface area (Å²) >= 11 is 0. The zero-order valence-corrected chi connectivity index (χ0v) is 12.8. The van der Waals surface area contributed by atoms with Gasteiger partial charge in [-0.3, -0.25) is 9.59 Å². The predicted molar refractivity (Wildman–Crippen MR) is 80.4 cm³/mol. The van der Waals surface area contributed by atoms with E-state index in [1.807, 2.05) is 17.9 Å². The van der Waals surface area contributed by atoms with Gasteiger partial charge >= 0.3 is 0 Å². The lowest BCUT2D eigenvalue weighted by atomic mass is 9.85. The van der Waals surface area contributed by atoms with E-state index in [1.165, 1.54) is 12.1 Å². The lowest BCUT2D eigenvalue weighted by Gasteiger charge is -2.23. The largest absolute Gasteiger partial charge is 0.342 e. The number of halogens is 1. The Balaban J connectivity index is 1.69. The van der Waals surface area contributed by atoms with Gasteiger partial charge in [-0.1, -0.05) is 19.1 Å². The number of carbonyl (C=O) groups is 2. The Labute approximate surface area is 129 Å². The maximum absolute atomic E-state index is 13.3. The van der Waals surface area contributed by atoms with Gasteiger partial charge in [0, 0.05) is 32.6 Å². The van der Waals surface area contributed by atoms with Gasteiger partial charge in [0.2, 0.25) is 11.8 Å². The molecule has 4 nitrogen and oxygen atoms in total. The van der Waals surface area contributed by atoms with Gasteiger partial charge in [0.25, 0.3) is 0 Å². The normalized spacial score (nSPS) is 24.5. The molecule has 2 aliphatic heterocycles. The molecule has 0 bridgehead atoms. The molecule has 0 N–H and O–H groups in total. The quantitative estimate of drug-likeness (QED) is 0.859. The van der Waals surface area contributed by atoms with Gasteiger partial charge in [0.05, 0.1) is 5.41 Å². The highest BCUT2D eigenvalue weighted by Crippen LogP contribution is 2.41. The standard InChI is InChI=1S/C17H21FN2O2/c1-2-15(21)20-9-7-17(12-20)6-8-19(16(17)22)11-13-4-3-5-14(18)10-13/h3-5,10H,2,6-9,11-12H2,1H3. The Morgan fingerprint density at radius 2 is 2.09 bits per heavy atom. The monoisotopic (exact) mass is 304 g/mol. The summed E-state index contributed by atoms with van der Waals surface area (Å²) in [6.45, 7) is 4.19. The molecular weight excluding hydrogens is 283 g/mol. The third kappa shape index (κ3) is 2.60. The van der Waals surface area contributed by atoms with Gasteiger partial charge in [-0.05, 0) is 30.5 Å². The van der Waals surface area contributed by atoms with E-state index in [2.05, 4.69) is 0 Å². The van der Waals surface area contributed by atoms with Crippen LogP contribution in [0.3, 0.4) is 0 Å². The molecular formula is C17H21FN2O2. The van der Waals surface area contributed by atoms with Crippen LogP contribution in [0.25, 0.3) is 0 Å². The molecule has 3 rings (SSSR count). The molecule has 1 unspecified atom stereocenters. The van der Waals surface area contributed by atoms with E-state index >= 15 is 0 Å². The molecule has 1 aromatic carbocycles. The van der Waals surface area contributed by atoms with Crippen molar-refractivity contribution < 1.29 is 14.0 Å². The number of hydrogen-bond donors (Lipinski definition) is 0. The third-order valence-corrected chi connectivity index (χ3v) is 4.87. The summed E-state index contributed by atoms with van der Waals surface area (Å²) in [6.07, 6.45) is 2.02. The molecule has 0 aliphatic carbocycles. The Morgan fingerprint density at radius 3 is 2.82 bits per heavy atom. The van der Waals surface area contributed by atoms with Crippen molar-refractivity contribution in [2.45, 2.75) is 32.7 Å². The second kappa shape index (κ2) is 5.71. The average Bonchev–Trinajstić information content (AvgIpc) is 3.07. The van der Waals surface area contributed by atoms with Crippen LogP contribution in [0.5, 0.6) is 0 Å². The van der Waals surface area contributed by atoms with Gasteiger partial charge < -0.3 is 9.80 Å².